The van der Waals surface area contributed by atoms with Crippen molar-refractivity contribution in [1.82, 2.24) is 0 Å². The Bertz CT molecular complexity index is 334. The highest BCUT2D eigenvalue weighted by Crippen LogP contribution is 2.17. The number of hydrogen-bond donors (Lipinski definition) is 1. The van der Waals surface area contributed by atoms with Gasteiger partial charge in [0.15, 0.2) is 0 Å². The maximum Gasteiger partial charge on any atom is 0.269 e. The van der Waals surface area contributed by atoms with Crippen molar-refractivity contribution in [1.29, 1.82) is 0 Å². The van der Waals surface area contributed by atoms with Gasteiger partial charge in [0.05, 0.1) is 17.2 Å². The van der Waals surface area contributed by atoms with E-state index in [9.17, 15) is 15.3 Å². The molecule has 1 aromatic carbocycles. The molecule has 0 fully saturated rings. The van der Waals surface area contributed by atoms with Gasteiger partial charge < -0.3 is 0 Å². The quantitative estimate of drug-likeness (QED) is 0.452. The van der Waals surface area contributed by atoms with Gasteiger partial charge in [-0.15, -0.1) is 6.58 Å². The first-order valence-corrected chi connectivity index (χ1v) is 3.97. The van der Waals surface area contributed by atoms with E-state index in [4.69, 9.17) is 0 Å². The maximum absolute atomic E-state index is 10.3. The molecule has 0 aliphatic heterocycles. The number of nitrogens with zero attached hydrogens (tertiary/aromatic N) is 2. The predicted molar refractivity (Wildman–Crippen MR) is 52.4 cm³/mol. The molecule has 0 saturated carbocycles. The van der Waals surface area contributed by atoms with E-state index in [2.05, 4.69) is 6.58 Å². The zero-order chi connectivity index (χ0) is 10.6. The normalized spacial score (nSPS) is 9.50. The molecule has 0 radical (unpaired) electrons. The summed E-state index contributed by atoms with van der Waals surface area (Å²) in [6, 6.07) is 5.62. The van der Waals surface area contributed by atoms with E-state index in [0.717, 1.165) is 5.06 Å². The number of non-ortho nitro benzene ring substituents is 1. The first kappa shape index (κ1) is 10.2. The molecule has 1 rings (SSSR count). The van der Waals surface area contributed by atoms with Crippen LogP contribution in [0.15, 0.2) is 36.9 Å². The van der Waals surface area contributed by atoms with Gasteiger partial charge in [-0.25, -0.2) is 0 Å². The fraction of sp³-hybridized carbons (Fsp3) is 0.111. The van der Waals surface area contributed by atoms with E-state index >= 15 is 0 Å². The number of hydrogen-bond acceptors (Lipinski definition) is 4. The highest BCUT2D eigenvalue weighted by Gasteiger charge is 2.06. The van der Waals surface area contributed by atoms with E-state index in [1.807, 2.05) is 0 Å². The van der Waals surface area contributed by atoms with Crippen LogP contribution in [-0.4, -0.2) is 16.7 Å². The van der Waals surface area contributed by atoms with Crippen LogP contribution >= 0.6 is 0 Å². The Morgan fingerprint density at radius 1 is 1.50 bits per heavy atom. The number of anilines is 1. The smallest absolute Gasteiger partial charge is 0.269 e. The number of nitro benzene ring substituents is 1. The summed E-state index contributed by atoms with van der Waals surface area (Å²) in [5, 5.41) is 20.6. The van der Waals surface area contributed by atoms with Crippen molar-refractivity contribution in [3.05, 3.63) is 47.0 Å². The van der Waals surface area contributed by atoms with Crippen molar-refractivity contribution in [2.24, 2.45) is 0 Å². The molecule has 14 heavy (non-hydrogen) atoms. The lowest BCUT2D eigenvalue weighted by molar-refractivity contribution is -0.384. The first-order valence-electron chi connectivity index (χ1n) is 3.97. The van der Waals surface area contributed by atoms with Crippen LogP contribution in [0.25, 0.3) is 0 Å². The van der Waals surface area contributed by atoms with Crippen LogP contribution in [0, 0.1) is 10.1 Å². The molecular formula is C9H10N2O3. The van der Waals surface area contributed by atoms with Gasteiger partial charge >= 0.3 is 0 Å². The highest BCUT2D eigenvalue weighted by atomic mass is 16.6. The Morgan fingerprint density at radius 2 is 2.07 bits per heavy atom. The van der Waals surface area contributed by atoms with Gasteiger partial charge in [-0.3, -0.25) is 20.4 Å². The summed E-state index contributed by atoms with van der Waals surface area (Å²) < 4.78 is 0. The average Bonchev–Trinajstić information content (AvgIpc) is 2.18. The Hall–Kier alpha value is -1.88. The molecular weight excluding hydrogens is 184 g/mol. The minimum Gasteiger partial charge on any atom is -0.288 e. The van der Waals surface area contributed by atoms with Crippen LogP contribution in [0.4, 0.5) is 11.4 Å². The molecule has 0 aliphatic carbocycles. The van der Waals surface area contributed by atoms with Gasteiger partial charge in [-0.05, 0) is 12.1 Å². The van der Waals surface area contributed by atoms with E-state index < -0.39 is 4.92 Å². The molecule has 0 saturated heterocycles. The number of hydroxylamine groups is 1. The topological polar surface area (TPSA) is 66.6 Å². The number of rotatable bonds is 4. The molecule has 0 heterocycles. The Kier molecular flexibility index (Phi) is 3.19. The van der Waals surface area contributed by atoms with E-state index in [1.165, 1.54) is 30.3 Å². The second-order valence-electron chi connectivity index (χ2n) is 2.64. The summed E-state index contributed by atoms with van der Waals surface area (Å²) in [6.45, 7) is 3.74. The largest absolute Gasteiger partial charge is 0.288 e. The van der Waals surface area contributed by atoms with Crippen LogP contribution in [0.1, 0.15) is 0 Å². The average molecular weight is 194 g/mol. The van der Waals surface area contributed by atoms with E-state index in [-0.39, 0.29) is 12.2 Å². The van der Waals surface area contributed by atoms with Crippen molar-refractivity contribution in [3.63, 3.8) is 0 Å². The second-order valence-corrected chi connectivity index (χ2v) is 2.64. The summed E-state index contributed by atoms with van der Waals surface area (Å²) in [5.74, 6) is 0. The molecule has 0 bridgehead atoms. The van der Waals surface area contributed by atoms with Gasteiger partial charge in [0.1, 0.15) is 0 Å². The van der Waals surface area contributed by atoms with Gasteiger partial charge in [-0.1, -0.05) is 6.08 Å². The van der Waals surface area contributed by atoms with Gasteiger partial charge in [0.2, 0.25) is 0 Å². The SMILES string of the molecule is C=CCN(O)c1ccc([N+](=O)[O-])cc1. The zero-order valence-electron chi connectivity index (χ0n) is 7.46. The van der Waals surface area contributed by atoms with Gasteiger partial charge in [-0.2, -0.15) is 0 Å². The van der Waals surface area contributed by atoms with Crippen LogP contribution in [-0.2, 0) is 0 Å². The third-order valence-electron chi connectivity index (χ3n) is 1.66. The van der Waals surface area contributed by atoms with Crippen LogP contribution in [0.2, 0.25) is 0 Å². The molecule has 0 spiro atoms. The third kappa shape index (κ3) is 2.30. The van der Waals surface area contributed by atoms with Gasteiger partial charge in [0, 0.05) is 12.1 Å². The van der Waals surface area contributed by atoms with Crippen LogP contribution in [0.3, 0.4) is 0 Å². The van der Waals surface area contributed by atoms with Crippen LogP contribution in [0.5, 0.6) is 0 Å². The molecule has 1 N–H and O–H groups in total. The highest BCUT2D eigenvalue weighted by molar-refractivity contribution is 5.49. The lowest BCUT2D eigenvalue weighted by atomic mass is 10.3. The zero-order valence-corrected chi connectivity index (χ0v) is 7.46. The van der Waals surface area contributed by atoms with Crippen molar-refractivity contribution < 1.29 is 10.1 Å². The monoisotopic (exact) mass is 194 g/mol. The van der Waals surface area contributed by atoms with Crippen molar-refractivity contribution >= 4 is 11.4 Å². The van der Waals surface area contributed by atoms with Crippen molar-refractivity contribution in [3.8, 4) is 0 Å². The first-order chi connectivity index (χ1) is 6.65. The fourth-order valence-corrected chi connectivity index (χ4v) is 0.974. The van der Waals surface area contributed by atoms with Crippen molar-refractivity contribution in [2.75, 3.05) is 11.6 Å². The summed E-state index contributed by atoms with van der Waals surface area (Å²) in [5.41, 5.74) is 0.497. The molecule has 0 amide bonds. The van der Waals surface area contributed by atoms with Gasteiger partial charge in [0.25, 0.3) is 5.69 Å². The minimum atomic E-state index is -0.487. The molecule has 5 nitrogen and oxygen atoms in total. The lowest BCUT2D eigenvalue weighted by Crippen LogP contribution is -2.17. The Morgan fingerprint density at radius 3 is 2.50 bits per heavy atom. The lowest BCUT2D eigenvalue weighted by Gasteiger charge is -2.13. The summed E-state index contributed by atoms with van der Waals surface area (Å²) in [6.07, 6.45) is 1.53. The molecule has 0 atom stereocenters. The van der Waals surface area contributed by atoms with E-state index in [0.29, 0.717) is 5.69 Å². The molecule has 5 heteroatoms. The maximum atomic E-state index is 10.3. The molecule has 1 aromatic rings. The molecule has 74 valence electrons. The van der Waals surface area contributed by atoms with E-state index in [1.54, 1.807) is 0 Å². The molecule has 0 unspecified atom stereocenters. The molecule has 0 aromatic heterocycles. The molecule has 0 aliphatic rings. The Balaban J connectivity index is 2.82. The third-order valence-corrected chi connectivity index (χ3v) is 1.66. The summed E-state index contributed by atoms with van der Waals surface area (Å²) in [7, 11) is 0. The number of nitro groups is 1. The predicted octanol–water partition coefficient (Wildman–Crippen LogP) is 1.98. The number of benzene rings is 1. The minimum absolute atomic E-state index is 0.000697. The second kappa shape index (κ2) is 4.38. The summed E-state index contributed by atoms with van der Waals surface area (Å²) >= 11 is 0. The Labute approximate surface area is 81.0 Å². The van der Waals surface area contributed by atoms with Crippen LogP contribution < -0.4 is 5.06 Å². The van der Waals surface area contributed by atoms with Crippen molar-refractivity contribution in [2.45, 2.75) is 0 Å². The summed E-state index contributed by atoms with van der Waals surface area (Å²) in [4.78, 5) is 9.83. The fourth-order valence-electron chi connectivity index (χ4n) is 0.974. The standard InChI is InChI=1S/C9H10N2O3/c1-2-7-10(12)8-3-5-9(6-4-8)11(13)14/h2-6,12H,1,7H2.